The second-order valence-corrected chi connectivity index (χ2v) is 6.66. The first-order valence-electron chi connectivity index (χ1n) is 8.14. The molecule has 124 valence electrons. The van der Waals surface area contributed by atoms with Crippen molar-refractivity contribution in [3.63, 3.8) is 0 Å². The van der Waals surface area contributed by atoms with Crippen LogP contribution in [0.2, 0.25) is 0 Å². The molecular formula is C19H21N3OS. The fourth-order valence-electron chi connectivity index (χ4n) is 2.48. The summed E-state index contributed by atoms with van der Waals surface area (Å²) in [5, 5.41) is 3.83. The third kappa shape index (κ3) is 3.62. The van der Waals surface area contributed by atoms with Crippen LogP contribution in [-0.4, -0.2) is 27.3 Å². The molecule has 1 aromatic heterocycles. The van der Waals surface area contributed by atoms with E-state index in [-0.39, 0.29) is 11.9 Å². The molecule has 1 N–H and O–H groups in total. The SMILES string of the molecule is CC[C@H](C)NC(=O)CSc1nc2ccccc2n1-c1ccccc1. The van der Waals surface area contributed by atoms with E-state index in [1.807, 2.05) is 43.3 Å². The molecule has 0 spiro atoms. The third-order valence-corrected chi connectivity index (χ3v) is 4.84. The maximum atomic E-state index is 12.1. The van der Waals surface area contributed by atoms with Gasteiger partial charge in [0.05, 0.1) is 16.8 Å². The van der Waals surface area contributed by atoms with E-state index in [9.17, 15) is 4.79 Å². The summed E-state index contributed by atoms with van der Waals surface area (Å²) >= 11 is 1.47. The van der Waals surface area contributed by atoms with Gasteiger partial charge in [-0.15, -0.1) is 0 Å². The Morgan fingerprint density at radius 1 is 1.17 bits per heavy atom. The molecule has 0 aliphatic rings. The van der Waals surface area contributed by atoms with Gasteiger partial charge in [0.2, 0.25) is 5.91 Å². The number of hydrogen-bond acceptors (Lipinski definition) is 3. The van der Waals surface area contributed by atoms with Gasteiger partial charge in [0, 0.05) is 11.7 Å². The Kier molecular flexibility index (Phi) is 5.20. The summed E-state index contributed by atoms with van der Waals surface area (Å²) < 4.78 is 2.11. The van der Waals surface area contributed by atoms with Crippen molar-refractivity contribution in [3.8, 4) is 5.69 Å². The van der Waals surface area contributed by atoms with Crippen molar-refractivity contribution >= 4 is 28.7 Å². The maximum absolute atomic E-state index is 12.1. The quantitative estimate of drug-likeness (QED) is 0.690. The van der Waals surface area contributed by atoms with Gasteiger partial charge in [0.1, 0.15) is 0 Å². The van der Waals surface area contributed by atoms with Crippen LogP contribution < -0.4 is 5.32 Å². The lowest BCUT2D eigenvalue weighted by atomic mass is 10.3. The van der Waals surface area contributed by atoms with Crippen LogP contribution in [-0.2, 0) is 4.79 Å². The fraction of sp³-hybridized carbons (Fsp3) is 0.263. The number of nitrogens with one attached hydrogen (secondary N) is 1. The van der Waals surface area contributed by atoms with Crippen LogP contribution >= 0.6 is 11.8 Å². The first kappa shape index (κ1) is 16.6. The third-order valence-electron chi connectivity index (χ3n) is 3.90. The predicted octanol–water partition coefficient (Wildman–Crippen LogP) is 4.03. The van der Waals surface area contributed by atoms with Gasteiger partial charge in [0.25, 0.3) is 0 Å². The minimum Gasteiger partial charge on any atom is -0.353 e. The highest BCUT2D eigenvalue weighted by Gasteiger charge is 2.14. The molecule has 24 heavy (non-hydrogen) atoms. The highest BCUT2D eigenvalue weighted by molar-refractivity contribution is 7.99. The number of para-hydroxylation sites is 3. The zero-order valence-electron chi connectivity index (χ0n) is 13.9. The van der Waals surface area contributed by atoms with Gasteiger partial charge in [-0.05, 0) is 37.6 Å². The molecule has 3 aromatic rings. The van der Waals surface area contributed by atoms with Crippen LogP contribution in [0, 0.1) is 0 Å². The molecule has 1 heterocycles. The lowest BCUT2D eigenvalue weighted by Crippen LogP contribution is -2.33. The number of hydrogen-bond donors (Lipinski definition) is 1. The number of imidazole rings is 1. The van der Waals surface area contributed by atoms with Gasteiger partial charge < -0.3 is 5.32 Å². The molecule has 1 amide bonds. The first-order chi connectivity index (χ1) is 11.7. The molecule has 0 saturated heterocycles. The van der Waals surface area contributed by atoms with E-state index in [1.54, 1.807) is 0 Å². The van der Waals surface area contributed by atoms with E-state index in [1.165, 1.54) is 11.8 Å². The van der Waals surface area contributed by atoms with Crippen molar-refractivity contribution in [1.82, 2.24) is 14.9 Å². The molecule has 3 rings (SSSR count). The second kappa shape index (κ2) is 7.53. The summed E-state index contributed by atoms with van der Waals surface area (Å²) in [6, 6.07) is 18.4. The van der Waals surface area contributed by atoms with Gasteiger partial charge >= 0.3 is 0 Å². The average Bonchev–Trinajstić information content (AvgIpc) is 2.99. The molecule has 1 atom stereocenters. The molecule has 0 bridgehead atoms. The van der Waals surface area contributed by atoms with Gasteiger partial charge in [-0.2, -0.15) is 0 Å². The zero-order valence-corrected chi connectivity index (χ0v) is 14.7. The average molecular weight is 339 g/mol. The Bertz CT molecular complexity index is 829. The summed E-state index contributed by atoms with van der Waals surface area (Å²) in [4.78, 5) is 16.8. The molecule has 0 aliphatic heterocycles. The van der Waals surface area contributed by atoms with E-state index >= 15 is 0 Å². The maximum Gasteiger partial charge on any atom is 0.230 e. The minimum absolute atomic E-state index is 0.0426. The Morgan fingerprint density at radius 2 is 1.88 bits per heavy atom. The van der Waals surface area contributed by atoms with E-state index in [4.69, 9.17) is 4.98 Å². The summed E-state index contributed by atoms with van der Waals surface area (Å²) in [5.74, 6) is 0.404. The topological polar surface area (TPSA) is 46.9 Å². The number of thioether (sulfide) groups is 1. The number of rotatable bonds is 6. The van der Waals surface area contributed by atoms with Crippen molar-refractivity contribution in [2.45, 2.75) is 31.5 Å². The van der Waals surface area contributed by atoms with Gasteiger partial charge in [-0.3, -0.25) is 9.36 Å². The number of aromatic nitrogens is 2. The molecule has 0 aliphatic carbocycles. The summed E-state index contributed by atoms with van der Waals surface area (Å²) in [6.07, 6.45) is 0.929. The van der Waals surface area contributed by atoms with Crippen molar-refractivity contribution in [1.29, 1.82) is 0 Å². The molecule has 0 unspecified atom stereocenters. The Hall–Kier alpha value is -2.27. The Balaban J connectivity index is 1.89. The highest BCUT2D eigenvalue weighted by Crippen LogP contribution is 2.27. The molecular weight excluding hydrogens is 318 g/mol. The Labute approximate surface area is 146 Å². The number of carbonyl (C=O) groups excluding carboxylic acids is 1. The molecule has 4 nitrogen and oxygen atoms in total. The van der Waals surface area contributed by atoms with Crippen molar-refractivity contribution < 1.29 is 4.79 Å². The van der Waals surface area contributed by atoms with Gasteiger partial charge in [0.15, 0.2) is 5.16 Å². The van der Waals surface area contributed by atoms with Crippen LogP contribution in [0.1, 0.15) is 20.3 Å². The van der Waals surface area contributed by atoms with Crippen molar-refractivity contribution in [2.24, 2.45) is 0 Å². The van der Waals surface area contributed by atoms with Gasteiger partial charge in [-0.25, -0.2) is 4.98 Å². The number of benzene rings is 2. The molecule has 2 aromatic carbocycles. The summed E-state index contributed by atoms with van der Waals surface area (Å²) in [6.45, 7) is 4.08. The lowest BCUT2D eigenvalue weighted by molar-refractivity contribution is -0.119. The first-order valence-corrected chi connectivity index (χ1v) is 9.12. The molecule has 0 fully saturated rings. The van der Waals surface area contributed by atoms with Crippen molar-refractivity contribution in [2.75, 3.05) is 5.75 Å². The van der Waals surface area contributed by atoms with Crippen LogP contribution in [0.25, 0.3) is 16.7 Å². The lowest BCUT2D eigenvalue weighted by Gasteiger charge is -2.12. The normalized spacial score (nSPS) is 12.2. The summed E-state index contributed by atoms with van der Waals surface area (Å²) in [5.41, 5.74) is 3.04. The number of fused-ring (bicyclic) bond motifs is 1. The molecule has 0 radical (unpaired) electrons. The van der Waals surface area contributed by atoms with E-state index in [0.717, 1.165) is 28.3 Å². The second-order valence-electron chi connectivity index (χ2n) is 5.72. The molecule has 5 heteroatoms. The zero-order chi connectivity index (χ0) is 16.9. The largest absolute Gasteiger partial charge is 0.353 e. The van der Waals surface area contributed by atoms with E-state index < -0.39 is 0 Å². The minimum atomic E-state index is 0.0426. The Morgan fingerprint density at radius 3 is 2.62 bits per heavy atom. The van der Waals surface area contributed by atoms with Crippen LogP contribution in [0.15, 0.2) is 59.8 Å². The smallest absolute Gasteiger partial charge is 0.230 e. The predicted molar refractivity (Wildman–Crippen MR) is 99.7 cm³/mol. The standard InChI is InChI=1S/C19H21N3OS/c1-3-14(2)20-18(23)13-24-19-21-16-11-7-8-12-17(16)22(19)15-9-5-4-6-10-15/h4-12,14H,3,13H2,1-2H3,(H,20,23)/t14-/m0/s1. The highest BCUT2D eigenvalue weighted by atomic mass is 32.2. The number of carbonyl (C=O) groups is 1. The number of nitrogens with zero attached hydrogens (tertiary/aromatic N) is 2. The van der Waals surface area contributed by atoms with Crippen molar-refractivity contribution in [3.05, 3.63) is 54.6 Å². The van der Waals surface area contributed by atoms with E-state index in [2.05, 4.69) is 35.0 Å². The van der Waals surface area contributed by atoms with Gasteiger partial charge in [-0.1, -0.05) is 49.0 Å². The summed E-state index contributed by atoms with van der Waals surface area (Å²) in [7, 11) is 0. The fourth-order valence-corrected chi connectivity index (χ4v) is 3.32. The van der Waals surface area contributed by atoms with Crippen LogP contribution in [0.3, 0.4) is 0 Å². The van der Waals surface area contributed by atoms with E-state index in [0.29, 0.717) is 5.75 Å². The molecule has 0 saturated carbocycles. The number of amides is 1. The van der Waals surface area contributed by atoms with Crippen LogP contribution in [0.5, 0.6) is 0 Å². The monoisotopic (exact) mass is 339 g/mol. The van der Waals surface area contributed by atoms with Crippen LogP contribution in [0.4, 0.5) is 0 Å².